The van der Waals surface area contributed by atoms with E-state index in [1.54, 1.807) is 0 Å². The highest BCUT2D eigenvalue weighted by molar-refractivity contribution is 5.33. The maximum Gasteiger partial charge on any atom is 0.0785 e. The zero-order valence-corrected chi connectivity index (χ0v) is 12.5. The predicted octanol–water partition coefficient (Wildman–Crippen LogP) is 3.09. The fourth-order valence-electron chi connectivity index (χ4n) is 3.01. The Hall–Kier alpha value is -1.65. The fourth-order valence-corrected chi connectivity index (χ4v) is 3.01. The molecule has 1 fully saturated rings. The van der Waals surface area contributed by atoms with Gasteiger partial charge in [-0.05, 0) is 44.0 Å². The van der Waals surface area contributed by atoms with E-state index >= 15 is 0 Å². The smallest absolute Gasteiger partial charge is 0.0785 e. The molecule has 2 aromatic rings. The highest BCUT2D eigenvalue weighted by atomic mass is 16.5. The fraction of sp³-hybridized carbons (Fsp3) is 0.471. The van der Waals surface area contributed by atoms with Crippen molar-refractivity contribution in [2.75, 3.05) is 13.2 Å². The van der Waals surface area contributed by atoms with Crippen molar-refractivity contribution < 1.29 is 4.74 Å². The summed E-state index contributed by atoms with van der Waals surface area (Å²) in [5, 5.41) is 8.08. The summed E-state index contributed by atoms with van der Waals surface area (Å²) in [4.78, 5) is 0. The highest BCUT2D eigenvalue weighted by Gasteiger charge is 2.28. The van der Waals surface area contributed by atoms with Crippen LogP contribution in [-0.2, 0) is 4.74 Å². The average Bonchev–Trinajstić information content (AvgIpc) is 3.03. The number of para-hydroxylation sites is 1. The number of benzene rings is 1. The van der Waals surface area contributed by atoms with E-state index in [0.29, 0.717) is 0 Å². The van der Waals surface area contributed by atoms with Crippen LogP contribution in [0.4, 0.5) is 0 Å². The second kappa shape index (κ2) is 6.87. The third-order valence-electron chi connectivity index (χ3n) is 4.00. The minimum absolute atomic E-state index is 0.193. The summed E-state index contributed by atoms with van der Waals surface area (Å²) in [6.07, 6.45) is 5.63. The van der Waals surface area contributed by atoms with Crippen molar-refractivity contribution in [1.29, 1.82) is 0 Å². The summed E-state index contributed by atoms with van der Waals surface area (Å²) in [5.41, 5.74) is 2.27. The Bertz CT molecular complexity index is 546. The van der Waals surface area contributed by atoms with Gasteiger partial charge in [0.2, 0.25) is 0 Å². The van der Waals surface area contributed by atoms with Crippen molar-refractivity contribution in [2.24, 2.45) is 0 Å². The molecule has 2 unspecified atom stereocenters. The Balaban J connectivity index is 1.91. The van der Waals surface area contributed by atoms with Gasteiger partial charge in [-0.3, -0.25) is 0 Å². The second-order valence-corrected chi connectivity index (χ2v) is 5.44. The number of ether oxygens (including phenoxy) is 1. The number of nitrogens with one attached hydrogen (secondary N) is 1. The first-order chi connectivity index (χ1) is 10.4. The van der Waals surface area contributed by atoms with Crippen molar-refractivity contribution in [3.63, 3.8) is 0 Å². The molecule has 0 saturated carbocycles. The lowest BCUT2D eigenvalue weighted by Crippen LogP contribution is -2.37. The highest BCUT2D eigenvalue weighted by Crippen LogP contribution is 2.27. The number of likely N-dealkylation sites (N-methyl/N-ethyl adjacent to an activating group) is 1. The number of hydrogen-bond acceptors (Lipinski definition) is 3. The van der Waals surface area contributed by atoms with Crippen molar-refractivity contribution in [3.05, 3.63) is 48.3 Å². The third kappa shape index (κ3) is 3.17. The van der Waals surface area contributed by atoms with Crippen LogP contribution in [0.2, 0.25) is 0 Å². The van der Waals surface area contributed by atoms with Crippen LogP contribution in [0.25, 0.3) is 5.69 Å². The predicted molar refractivity (Wildman–Crippen MR) is 83.6 cm³/mol. The van der Waals surface area contributed by atoms with Gasteiger partial charge in [-0.1, -0.05) is 25.1 Å². The molecule has 1 saturated heterocycles. The molecule has 1 aromatic heterocycles. The second-order valence-electron chi connectivity index (χ2n) is 5.44. The Morgan fingerprint density at radius 3 is 2.86 bits per heavy atom. The van der Waals surface area contributed by atoms with Crippen LogP contribution in [0.15, 0.2) is 42.6 Å². The maximum absolute atomic E-state index is 6.00. The van der Waals surface area contributed by atoms with Crippen LogP contribution in [0.3, 0.4) is 0 Å². The molecule has 2 atom stereocenters. The van der Waals surface area contributed by atoms with E-state index in [9.17, 15) is 0 Å². The van der Waals surface area contributed by atoms with Gasteiger partial charge in [-0.2, -0.15) is 5.10 Å². The zero-order valence-electron chi connectivity index (χ0n) is 12.5. The van der Waals surface area contributed by atoms with Crippen LogP contribution in [0.5, 0.6) is 0 Å². The van der Waals surface area contributed by atoms with Gasteiger partial charge in [0.15, 0.2) is 0 Å². The molecule has 0 spiro atoms. The molecule has 4 nitrogen and oxygen atoms in total. The normalized spacial score (nSPS) is 20.3. The first-order valence-electron chi connectivity index (χ1n) is 7.84. The Morgan fingerprint density at radius 2 is 2.14 bits per heavy atom. The lowest BCUT2D eigenvalue weighted by molar-refractivity contribution is -0.00921. The van der Waals surface area contributed by atoms with Gasteiger partial charge in [0.1, 0.15) is 0 Å². The largest absolute Gasteiger partial charge is 0.376 e. The van der Waals surface area contributed by atoms with Gasteiger partial charge in [0, 0.05) is 12.8 Å². The Morgan fingerprint density at radius 1 is 1.29 bits per heavy atom. The average molecular weight is 285 g/mol. The van der Waals surface area contributed by atoms with Crippen LogP contribution in [0.1, 0.15) is 37.9 Å². The molecular formula is C17H23N3O. The molecule has 0 amide bonds. The number of hydrogen-bond donors (Lipinski definition) is 1. The van der Waals surface area contributed by atoms with Crippen LogP contribution >= 0.6 is 0 Å². The summed E-state index contributed by atoms with van der Waals surface area (Å²) >= 11 is 0. The molecule has 4 heteroatoms. The lowest BCUT2D eigenvalue weighted by Gasteiger charge is -2.31. The van der Waals surface area contributed by atoms with Gasteiger partial charge in [-0.15, -0.1) is 0 Å². The minimum Gasteiger partial charge on any atom is -0.376 e. The monoisotopic (exact) mass is 285 g/mol. The van der Waals surface area contributed by atoms with Gasteiger partial charge in [-0.25, -0.2) is 4.68 Å². The zero-order chi connectivity index (χ0) is 14.5. The molecule has 1 aliphatic heterocycles. The molecule has 112 valence electrons. The van der Waals surface area contributed by atoms with Crippen molar-refractivity contribution >= 4 is 0 Å². The van der Waals surface area contributed by atoms with E-state index in [4.69, 9.17) is 4.74 Å². The number of nitrogens with zero attached hydrogens (tertiary/aromatic N) is 2. The van der Waals surface area contributed by atoms with Crippen molar-refractivity contribution in [3.8, 4) is 5.69 Å². The van der Waals surface area contributed by atoms with Crippen LogP contribution in [0, 0.1) is 0 Å². The molecule has 2 heterocycles. The summed E-state index contributed by atoms with van der Waals surface area (Å²) < 4.78 is 8.02. The summed E-state index contributed by atoms with van der Waals surface area (Å²) in [6.45, 7) is 3.93. The van der Waals surface area contributed by atoms with Gasteiger partial charge in [0.05, 0.1) is 23.5 Å². The third-order valence-corrected chi connectivity index (χ3v) is 4.00. The van der Waals surface area contributed by atoms with E-state index in [2.05, 4.69) is 35.5 Å². The molecule has 0 bridgehead atoms. The first-order valence-corrected chi connectivity index (χ1v) is 7.84. The van der Waals surface area contributed by atoms with E-state index in [-0.39, 0.29) is 12.1 Å². The molecule has 1 aliphatic rings. The number of aromatic nitrogens is 2. The summed E-state index contributed by atoms with van der Waals surface area (Å²) in [7, 11) is 0. The summed E-state index contributed by atoms with van der Waals surface area (Å²) in [5.74, 6) is 0. The molecule has 1 aromatic carbocycles. The van der Waals surface area contributed by atoms with E-state index in [0.717, 1.165) is 25.3 Å². The summed E-state index contributed by atoms with van der Waals surface area (Å²) in [6, 6.07) is 12.6. The van der Waals surface area contributed by atoms with Gasteiger partial charge < -0.3 is 10.1 Å². The number of rotatable bonds is 5. The van der Waals surface area contributed by atoms with E-state index in [1.807, 2.05) is 29.1 Å². The molecule has 3 rings (SSSR count). The molecular weight excluding hydrogens is 262 g/mol. The standard InChI is InChI=1S/C17H23N3O/c1-2-18-17(16-10-6-7-13-21-16)15-11-12-19-20(15)14-8-4-3-5-9-14/h3-5,8-9,11-12,16-18H,2,6-7,10,13H2,1H3. The first kappa shape index (κ1) is 14.3. The van der Waals surface area contributed by atoms with Gasteiger partial charge in [0.25, 0.3) is 0 Å². The van der Waals surface area contributed by atoms with Crippen molar-refractivity contribution in [1.82, 2.24) is 15.1 Å². The quantitative estimate of drug-likeness (QED) is 0.917. The topological polar surface area (TPSA) is 39.1 Å². The van der Waals surface area contributed by atoms with Crippen molar-refractivity contribution in [2.45, 2.75) is 38.3 Å². The van der Waals surface area contributed by atoms with Crippen LogP contribution in [-0.4, -0.2) is 29.0 Å². The van der Waals surface area contributed by atoms with Crippen LogP contribution < -0.4 is 5.32 Å². The molecule has 0 radical (unpaired) electrons. The lowest BCUT2D eigenvalue weighted by atomic mass is 9.99. The van der Waals surface area contributed by atoms with E-state index < -0.39 is 0 Å². The molecule has 0 aliphatic carbocycles. The minimum atomic E-state index is 0.193. The molecule has 1 N–H and O–H groups in total. The van der Waals surface area contributed by atoms with E-state index in [1.165, 1.54) is 18.5 Å². The Kier molecular flexibility index (Phi) is 4.68. The van der Waals surface area contributed by atoms with Gasteiger partial charge >= 0.3 is 0 Å². The SMILES string of the molecule is CCNC(c1ccnn1-c1ccccc1)C1CCCCO1. The molecule has 21 heavy (non-hydrogen) atoms. The maximum atomic E-state index is 6.00. The Labute approximate surface area is 126 Å².